The highest BCUT2D eigenvalue weighted by atomic mass is 35.5. The molecule has 1 aromatic carbocycles. The normalized spacial score (nSPS) is 13.2. The maximum atomic E-state index is 12.2. The predicted octanol–water partition coefficient (Wildman–Crippen LogP) is 3.30. The highest BCUT2D eigenvalue weighted by Crippen LogP contribution is 2.21. The SMILES string of the molecule is CC(C)CC[C@@H](C)NC(=O)c1cc(S(C)(=O)=O)ccc1Cl. The van der Waals surface area contributed by atoms with Gasteiger partial charge in [-0.3, -0.25) is 4.79 Å². The lowest BCUT2D eigenvalue weighted by molar-refractivity contribution is 0.0937. The zero-order valence-electron chi connectivity index (χ0n) is 12.8. The van der Waals surface area contributed by atoms with Gasteiger partial charge in [0.15, 0.2) is 9.84 Å². The van der Waals surface area contributed by atoms with Crippen LogP contribution in [-0.2, 0) is 9.84 Å². The Morgan fingerprint density at radius 3 is 2.38 bits per heavy atom. The van der Waals surface area contributed by atoms with Crippen molar-refractivity contribution in [2.75, 3.05) is 6.26 Å². The quantitative estimate of drug-likeness (QED) is 0.869. The summed E-state index contributed by atoms with van der Waals surface area (Å²) >= 11 is 6.00. The minimum atomic E-state index is -3.36. The van der Waals surface area contributed by atoms with Crippen LogP contribution in [0, 0.1) is 5.92 Å². The van der Waals surface area contributed by atoms with Crippen LogP contribution in [0.25, 0.3) is 0 Å². The molecule has 0 heterocycles. The second kappa shape index (κ2) is 7.27. The van der Waals surface area contributed by atoms with Crippen molar-refractivity contribution in [3.63, 3.8) is 0 Å². The number of carbonyl (C=O) groups excluding carboxylic acids is 1. The van der Waals surface area contributed by atoms with E-state index in [1.165, 1.54) is 18.2 Å². The lowest BCUT2D eigenvalue weighted by Crippen LogP contribution is -2.33. The molecular weight excluding hydrogens is 310 g/mol. The summed E-state index contributed by atoms with van der Waals surface area (Å²) in [6.45, 7) is 6.18. The number of hydrogen-bond donors (Lipinski definition) is 1. The zero-order chi connectivity index (χ0) is 16.2. The molecule has 0 aliphatic heterocycles. The molecule has 0 saturated carbocycles. The summed E-state index contributed by atoms with van der Waals surface area (Å²) < 4.78 is 23.1. The van der Waals surface area contributed by atoms with E-state index in [0.717, 1.165) is 19.1 Å². The van der Waals surface area contributed by atoms with Gasteiger partial charge in [-0.2, -0.15) is 0 Å². The average molecular weight is 332 g/mol. The third kappa shape index (κ3) is 5.67. The van der Waals surface area contributed by atoms with Crippen molar-refractivity contribution < 1.29 is 13.2 Å². The third-order valence-corrected chi connectivity index (χ3v) is 4.60. The Morgan fingerprint density at radius 1 is 1.24 bits per heavy atom. The van der Waals surface area contributed by atoms with Crippen molar-refractivity contribution in [1.82, 2.24) is 5.32 Å². The minimum Gasteiger partial charge on any atom is -0.350 e. The van der Waals surface area contributed by atoms with Gasteiger partial charge in [0.05, 0.1) is 15.5 Å². The van der Waals surface area contributed by atoms with E-state index in [1.54, 1.807) is 0 Å². The third-order valence-electron chi connectivity index (χ3n) is 3.17. The van der Waals surface area contributed by atoms with Gasteiger partial charge in [0.25, 0.3) is 5.91 Å². The van der Waals surface area contributed by atoms with Gasteiger partial charge in [-0.1, -0.05) is 25.4 Å². The van der Waals surface area contributed by atoms with Crippen LogP contribution in [-0.4, -0.2) is 26.6 Å². The standard InChI is InChI=1S/C15H22ClNO3S/c1-10(2)5-6-11(3)17-15(18)13-9-12(21(4,19)20)7-8-14(13)16/h7-11H,5-6H2,1-4H3,(H,17,18)/t11-/m1/s1. The van der Waals surface area contributed by atoms with Gasteiger partial charge in [-0.05, 0) is 43.9 Å². The first-order chi connectivity index (χ1) is 9.61. The summed E-state index contributed by atoms with van der Waals surface area (Å²) in [5.41, 5.74) is 0.191. The number of nitrogens with one attached hydrogen (secondary N) is 1. The van der Waals surface area contributed by atoms with Crippen LogP contribution in [0.4, 0.5) is 0 Å². The smallest absolute Gasteiger partial charge is 0.253 e. The van der Waals surface area contributed by atoms with Crippen LogP contribution in [0.15, 0.2) is 23.1 Å². The number of sulfone groups is 1. The molecule has 1 rings (SSSR count). The molecule has 0 aliphatic carbocycles. The fourth-order valence-electron chi connectivity index (χ4n) is 1.87. The lowest BCUT2D eigenvalue weighted by Gasteiger charge is -2.16. The Hall–Kier alpha value is -1.07. The van der Waals surface area contributed by atoms with Gasteiger partial charge >= 0.3 is 0 Å². The van der Waals surface area contributed by atoms with Gasteiger partial charge in [0.2, 0.25) is 0 Å². The van der Waals surface area contributed by atoms with Gasteiger partial charge in [-0.15, -0.1) is 0 Å². The molecule has 0 spiro atoms. The van der Waals surface area contributed by atoms with E-state index in [2.05, 4.69) is 19.2 Å². The highest BCUT2D eigenvalue weighted by molar-refractivity contribution is 7.90. The molecule has 1 N–H and O–H groups in total. The zero-order valence-corrected chi connectivity index (χ0v) is 14.4. The van der Waals surface area contributed by atoms with Crippen LogP contribution >= 0.6 is 11.6 Å². The first kappa shape index (κ1) is 18.0. The maximum Gasteiger partial charge on any atom is 0.253 e. The van der Waals surface area contributed by atoms with Crippen molar-refractivity contribution in [3.05, 3.63) is 28.8 Å². The number of amides is 1. The molecule has 4 nitrogen and oxygen atoms in total. The Bertz CT molecular complexity index is 611. The molecule has 1 atom stereocenters. The Balaban J connectivity index is 2.87. The summed E-state index contributed by atoms with van der Waals surface area (Å²) in [5.74, 6) is 0.225. The molecule has 0 aromatic heterocycles. The second-order valence-electron chi connectivity index (χ2n) is 5.76. The van der Waals surface area contributed by atoms with E-state index in [4.69, 9.17) is 11.6 Å². The molecule has 0 unspecified atom stereocenters. The molecule has 21 heavy (non-hydrogen) atoms. The number of carbonyl (C=O) groups is 1. The average Bonchev–Trinajstić information content (AvgIpc) is 2.35. The second-order valence-corrected chi connectivity index (χ2v) is 8.18. The van der Waals surface area contributed by atoms with Gasteiger partial charge in [0, 0.05) is 12.3 Å². The first-order valence-electron chi connectivity index (χ1n) is 6.91. The van der Waals surface area contributed by atoms with Crippen molar-refractivity contribution >= 4 is 27.3 Å². The van der Waals surface area contributed by atoms with Gasteiger partial charge in [0.1, 0.15) is 0 Å². The fraction of sp³-hybridized carbons (Fsp3) is 0.533. The predicted molar refractivity (Wildman–Crippen MR) is 85.6 cm³/mol. The van der Waals surface area contributed by atoms with E-state index >= 15 is 0 Å². The number of halogens is 1. The van der Waals surface area contributed by atoms with E-state index in [0.29, 0.717) is 5.92 Å². The molecule has 0 saturated heterocycles. The topological polar surface area (TPSA) is 63.2 Å². The Morgan fingerprint density at radius 2 is 1.86 bits per heavy atom. The van der Waals surface area contributed by atoms with E-state index in [1.807, 2.05) is 6.92 Å². The molecule has 1 aromatic rings. The van der Waals surface area contributed by atoms with E-state index < -0.39 is 9.84 Å². The number of hydrogen-bond acceptors (Lipinski definition) is 3. The minimum absolute atomic E-state index is 0.0119. The molecule has 0 bridgehead atoms. The molecule has 118 valence electrons. The lowest BCUT2D eigenvalue weighted by atomic mass is 10.0. The molecule has 1 amide bonds. The first-order valence-corrected chi connectivity index (χ1v) is 9.18. The van der Waals surface area contributed by atoms with Crippen molar-refractivity contribution in [2.45, 2.75) is 44.6 Å². The summed E-state index contributed by atoms with van der Waals surface area (Å²) in [4.78, 5) is 12.3. The van der Waals surface area contributed by atoms with Crippen LogP contribution in [0.1, 0.15) is 44.0 Å². The van der Waals surface area contributed by atoms with Crippen LogP contribution in [0.3, 0.4) is 0 Å². The maximum absolute atomic E-state index is 12.2. The fourth-order valence-corrected chi connectivity index (χ4v) is 2.72. The Kier molecular flexibility index (Phi) is 6.23. The summed E-state index contributed by atoms with van der Waals surface area (Å²) in [6, 6.07) is 4.17. The largest absolute Gasteiger partial charge is 0.350 e. The molecule has 6 heteroatoms. The number of rotatable bonds is 6. The molecule has 0 radical (unpaired) electrons. The molecular formula is C15H22ClNO3S. The van der Waals surface area contributed by atoms with Crippen LogP contribution in [0.5, 0.6) is 0 Å². The van der Waals surface area contributed by atoms with Crippen LogP contribution < -0.4 is 5.32 Å². The molecule has 0 fully saturated rings. The van der Waals surface area contributed by atoms with E-state index in [-0.39, 0.29) is 27.4 Å². The summed E-state index contributed by atoms with van der Waals surface area (Å²) in [5, 5.41) is 3.10. The van der Waals surface area contributed by atoms with Crippen molar-refractivity contribution in [2.24, 2.45) is 5.92 Å². The highest BCUT2D eigenvalue weighted by Gasteiger charge is 2.17. The van der Waals surface area contributed by atoms with Crippen molar-refractivity contribution in [1.29, 1.82) is 0 Å². The Labute approximate surface area is 131 Å². The van der Waals surface area contributed by atoms with E-state index in [9.17, 15) is 13.2 Å². The monoisotopic (exact) mass is 331 g/mol. The number of benzene rings is 1. The van der Waals surface area contributed by atoms with Gasteiger partial charge < -0.3 is 5.32 Å². The summed E-state index contributed by atoms with van der Waals surface area (Å²) in [6.07, 6.45) is 2.98. The van der Waals surface area contributed by atoms with Crippen molar-refractivity contribution in [3.8, 4) is 0 Å². The molecule has 0 aliphatic rings. The van der Waals surface area contributed by atoms with Crippen LogP contribution in [0.2, 0.25) is 5.02 Å². The van der Waals surface area contributed by atoms with Gasteiger partial charge in [-0.25, -0.2) is 8.42 Å². The summed E-state index contributed by atoms with van der Waals surface area (Å²) in [7, 11) is -3.36.